The fourth-order valence-electron chi connectivity index (χ4n) is 2.00. The maximum atomic E-state index is 12.9. The topological polar surface area (TPSA) is 24.1 Å². The Morgan fingerprint density at radius 3 is 2.56 bits per heavy atom. The van der Waals surface area contributed by atoms with Crippen molar-refractivity contribution in [3.63, 3.8) is 0 Å². The summed E-state index contributed by atoms with van der Waals surface area (Å²) in [5.41, 5.74) is 0.505. The van der Waals surface area contributed by atoms with Crippen LogP contribution in [0.4, 0.5) is 14.5 Å². The molecule has 0 aromatic heterocycles. The lowest BCUT2D eigenvalue weighted by molar-refractivity contribution is 0.414. The molecule has 1 heterocycles. The average Bonchev–Trinajstić information content (AvgIpc) is 2.27. The average molecular weight is 226 g/mol. The van der Waals surface area contributed by atoms with Crippen molar-refractivity contribution in [2.24, 2.45) is 0 Å². The van der Waals surface area contributed by atoms with Gasteiger partial charge in [0, 0.05) is 24.3 Å². The van der Waals surface area contributed by atoms with Crippen LogP contribution in [0.1, 0.15) is 19.3 Å². The van der Waals surface area contributed by atoms with Crippen LogP contribution in [-0.4, -0.2) is 19.1 Å². The maximum absolute atomic E-state index is 12.9. The minimum atomic E-state index is -0.542. The van der Waals surface area contributed by atoms with E-state index >= 15 is 0 Å². The van der Waals surface area contributed by atoms with Crippen LogP contribution in [0.5, 0.6) is 0 Å². The second-order valence-corrected chi connectivity index (χ2v) is 4.19. The number of rotatable bonds is 3. The predicted octanol–water partition coefficient (Wildman–Crippen LogP) is 2.52. The van der Waals surface area contributed by atoms with Gasteiger partial charge in [-0.3, -0.25) is 0 Å². The Kier molecular flexibility index (Phi) is 3.72. The summed E-state index contributed by atoms with van der Waals surface area (Å²) in [5.74, 6) is -1.08. The lowest BCUT2D eigenvalue weighted by Crippen LogP contribution is -2.39. The molecule has 88 valence electrons. The second kappa shape index (κ2) is 5.25. The number of nitrogens with one attached hydrogen (secondary N) is 2. The Balaban J connectivity index is 1.88. The molecule has 0 bridgehead atoms. The van der Waals surface area contributed by atoms with Crippen molar-refractivity contribution >= 4 is 5.69 Å². The molecule has 0 saturated carbocycles. The van der Waals surface area contributed by atoms with Crippen LogP contribution in [0.15, 0.2) is 18.2 Å². The van der Waals surface area contributed by atoms with E-state index in [1.54, 1.807) is 0 Å². The van der Waals surface area contributed by atoms with Crippen molar-refractivity contribution in [2.75, 3.05) is 18.4 Å². The first-order valence-corrected chi connectivity index (χ1v) is 5.67. The van der Waals surface area contributed by atoms with E-state index in [9.17, 15) is 8.78 Å². The van der Waals surface area contributed by atoms with Crippen molar-refractivity contribution in [1.82, 2.24) is 5.32 Å². The van der Waals surface area contributed by atoms with Crippen molar-refractivity contribution in [3.8, 4) is 0 Å². The summed E-state index contributed by atoms with van der Waals surface area (Å²) in [4.78, 5) is 0. The van der Waals surface area contributed by atoms with Crippen LogP contribution in [-0.2, 0) is 0 Å². The molecule has 1 atom stereocenters. The molecule has 0 radical (unpaired) electrons. The third kappa shape index (κ3) is 3.17. The fourth-order valence-corrected chi connectivity index (χ4v) is 2.00. The van der Waals surface area contributed by atoms with Gasteiger partial charge in [-0.25, -0.2) is 8.78 Å². The summed E-state index contributed by atoms with van der Waals surface area (Å²) >= 11 is 0. The van der Waals surface area contributed by atoms with Gasteiger partial charge in [-0.15, -0.1) is 0 Å². The van der Waals surface area contributed by atoms with E-state index in [-0.39, 0.29) is 0 Å². The number of hydrogen-bond acceptors (Lipinski definition) is 2. The molecule has 4 heteroatoms. The Morgan fingerprint density at radius 2 is 1.94 bits per heavy atom. The molecule has 16 heavy (non-hydrogen) atoms. The van der Waals surface area contributed by atoms with E-state index in [1.807, 2.05) is 0 Å². The fraction of sp³-hybridized carbons (Fsp3) is 0.500. The highest BCUT2D eigenvalue weighted by Crippen LogP contribution is 2.14. The first-order chi connectivity index (χ1) is 7.74. The van der Waals surface area contributed by atoms with Crippen LogP contribution in [0.3, 0.4) is 0 Å². The predicted molar refractivity (Wildman–Crippen MR) is 60.5 cm³/mol. The summed E-state index contributed by atoms with van der Waals surface area (Å²) < 4.78 is 25.8. The zero-order chi connectivity index (χ0) is 11.4. The highest BCUT2D eigenvalue weighted by atomic mass is 19.1. The molecule has 1 saturated heterocycles. The summed E-state index contributed by atoms with van der Waals surface area (Å²) in [6, 6.07) is 3.90. The van der Waals surface area contributed by atoms with Gasteiger partial charge in [-0.1, -0.05) is 6.42 Å². The van der Waals surface area contributed by atoms with Gasteiger partial charge in [0.25, 0.3) is 0 Å². The highest BCUT2D eigenvalue weighted by Gasteiger charge is 2.12. The molecule has 2 rings (SSSR count). The molecular formula is C12H16F2N2. The summed E-state index contributed by atoms with van der Waals surface area (Å²) in [6.07, 6.45) is 3.55. The van der Waals surface area contributed by atoms with Gasteiger partial charge in [-0.05, 0) is 31.5 Å². The summed E-state index contributed by atoms with van der Waals surface area (Å²) in [7, 11) is 0. The lowest BCUT2D eigenvalue weighted by Gasteiger charge is -2.24. The summed E-state index contributed by atoms with van der Waals surface area (Å²) in [5, 5.41) is 6.42. The van der Waals surface area contributed by atoms with Crippen molar-refractivity contribution < 1.29 is 8.78 Å². The number of halogens is 2. The van der Waals surface area contributed by atoms with E-state index in [1.165, 1.54) is 25.0 Å². The van der Waals surface area contributed by atoms with Gasteiger partial charge < -0.3 is 10.6 Å². The van der Waals surface area contributed by atoms with Crippen molar-refractivity contribution in [1.29, 1.82) is 0 Å². The number of anilines is 1. The van der Waals surface area contributed by atoms with E-state index in [4.69, 9.17) is 0 Å². The minimum absolute atomic E-state index is 0.403. The highest BCUT2D eigenvalue weighted by molar-refractivity contribution is 5.43. The van der Waals surface area contributed by atoms with Crippen LogP contribution in [0.2, 0.25) is 0 Å². The van der Waals surface area contributed by atoms with Gasteiger partial charge >= 0.3 is 0 Å². The zero-order valence-corrected chi connectivity index (χ0v) is 9.10. The van der Waals surface area contributed by atoms with Gasteiger partial charge in [0.2, 0.25) is 0 Å². The molecule has 1 aromatic carbocycles. The van der Waals surface area contributed by atoms with Gasteiger partial charge in [0.15, 0.2) is 0 Å². The van der Waals surface area contributed by atoms with Crippen LogP contribution in [0.25, 0.3) is 0 Å². The standard InChI is InChI=1S/C12H16F2N2/c13-9-5-10(14)7-12(6-9)16-8-11-3-1-2-4-15-11/h5-7,11,15-16H,1-4,8H2. The molecule has 1 aromatic rings. The first kappa shape index (κ1) is 11.3. The van der Waals surface area contributed by atoms with Crippen LogP contribution in [0, 0.1) is 11.6 Å². The van der Waals surface area contributed by atoms with Crippen LogP contribution < -0.4 is 10.6 Å². The van der Waals surface area contributed by atoms with Gasteiger partial charge in [0.1, 0.15) is 11.6 Å². The molecule has 0 spiro atoms. The Morgan fingerprint density at radius 1 is 1.19 bits per heavy atom. The van der Waals surface area contributed by atoms with Crippen LogP contribution >= 0.6 is 0 Å². The molecular weight excluding hydrogens is 210 g/mol. The number of benzene rings is 1. The molecule has 2 nitrogen and oxygen atoms in total. The zero-order valence-electron chi connectivity index (χ0n) is 9.10. The molecule has 2 N–H and O–H groups in total. The third-order valence-corrected chi connectivity index (χ3v) is 2.83. The van der Waals surface area contributed by atoms with Crippen molar-refractivity contribution in [2.45, 2.75) is 25.3 Å². The Hall–Kier alpha value is -1.16. The first-order valence-electron chi connectivity index (χ1n) is 5.67. The monoisotopic (exact) mass is 226 g/mol. The Bertz CT molecular complexity index is 329. The summed E-state index contributed by atoms with van der Waals surface area (Å²) in [6.45, 7) is 1.74. The Labute approximate surface area is 94.0 Å². The number of hydrogen-bond donors (Lipinski definition) is 2. The third-order valence-electron chi connectivity index (χ3n) is 2.83. The van der Waals surface area contributed by atoms with Crippen molar-refractivity contribution in [3.05, 3.63) is 29.8 Å². The molecule has 1 aliphatic rings. The number of piperidine rings is 1. The molecule has 0 aliphatic carbocycles. The quantitative estimate of drug-likeness (QED) is 0.827. The molecule has 1 fully saturated rings. The van der Waals surface area contributed by atoms with Gasteiger partial charge in [-0.2, -0.15) is 0 Å². The molecule has 1 aliphatic heterocycles. The van der Waals surface area contributed by atoms with E-state index in [0.717, 1.165) is 19.0 Å². The SMILES string of the molecule is Fc1cc(F)cc(NCC2CCCCN2)c1. The molecule has 1 unspecified atom stereocenters. The smallest absolute Gasteiger partial charge is 0.128 e. The largest absolute Gasteiger partial charge is 0.383 e. The van der Waals surface area contributed by atoms with E-state index in [0.29, 0.717) is 18.3 Å². The lowest BCUT2D eigenvalue weighted by atomic mass is 10.1. The second-order valence-electron chi connectivity index (χ2n) is 4.19. The van der Waals surface area contributed by atoms with E-state index < -0.39 is 11.6 Å². The normalized spacial score (nSPS) is 20.8. The van der Waals surface area contributed by atoms with E-state index in [2.05, 4.69) is 10.6 Å². The maximum Gasteiger partial charge on any atom is 0.128 e. The molecule has 0 amide bonds. The van der Waals surface area contributed by atoms with Gasteiger partial charge in [0.05, 0.1) is 0 Å². The minimum Gasteiger partial charge on any atom is -0.383 e.